The van der Waals surface area contributed by atoms with E-state index in [2.05, 4.69) is 5.10 Å². The Morgan fingerprint density at radius 2 is 2.23 bits per heavy atom. The van der Waals surface area contributed by atoms with Gasteiger partial charge in [-0.25, -0.2) is 0 Å². The van der Waals surface area contributed by atoms with Gasteiger partial charge in [0.15, 0.2) is 6.29 Å². The van der Waals surface area contributed by atoms with Gasteiger partial charge in [0.2, 0.25) is 0 Å². The Hall–Kier alpha value is -0.830. The van der Waals surface area contributed by atoms with E-state index in [0.717, 1.165) is 24.8 Å². The number of aldehydes is 1. The summed E-state index contributed by atoms with van der Waals surface area (Å²) in [6.07, 6.45) is 2.56. The second-order valence-electron chi connectivity index (χ2n) is 2.83. The number of hydrogen-bond acceptors (Lipinski definition) is 2. The van der Waals surface area contributed by atoms with Crippen LogP contribution in [-0.4, -0.2) is 16.1 Å². The molecular weight excluding hydrogens is 188 g/mol. The van der Waals surface area contributed by atoms with Crippen LogP contribution in [0.1, 0.15) is 36.3 Å². The Morgan fingerprint density at radius 1 is 1.54 bits per heavy atom. The molecule has 0 spiro atoms. The molecule has 0 saturated heterocycles. The van der Waals surface area contributed by atoms with Gasteiger partial charge in [-0.15, -0.1) is 0 Å². The molecular formula is C9H13ClN2O. The van der Waals surface area contributed by atoms with E-state index < -0.39 is 0 Å². The first-order valence-electron chi connectivity index (χ1n) is 4.44. The Labute approximate surface area is 82.7 Å². The molecule has 1 aromatic rings. The number of carbonyl (C=O) groups is 1. The Kier molecular flexibility index (Phi) is 3.48. The molecule has 72 valence electrons. The van der Waals surface area contributed by atoms with E-state index >= 15 is 0 Å². The summed E-state index contributed by atoms with van der Waals surface area (Å²) in [5.41, 5.74) is 1.36. The molecule has 13 heavy (non-hydrogen) atoms. The van der Waals surface area contributed by atoms with Crippen molar-refractivity contribution in [1.29, 1.82) is 0 Å². The number of aromatic nitrogens is 2. The van der Waals surface area contributed by atoms with Crippen molar-refractivity contribution in [3.05, 3.63) is 16.4 Å². The number of hydrogen-bond donors (Lipinski definition) is 0. The molecule has 0 amide bonds. The highest BCUT2D eigenvalue weighted by Gasteiger charge is 2.13. The second-order valence-corrected chi connectivity index (χ2v) is 3.19. The minimum atomic E-state index is 0.459. The van der Waals surface area contributed by atoms with E-state index in [0.29, 0.717) is 17.3 Å². The van der Waals surface area contributed by atoms with Crippen LogP contribution in [0.5, 0.6) is 0 Å². The molecule has 1 rings (SSSR count). The zero-order valence-electron chi connectivity index (χ0n) is 7.88. The predicted octanol–water partition coefficient (Wildman–Crippen LogP) is 2.32. The molecule has 0 atom stereocenters. The van der Waals surface area contributed by atoms with Gasteiger partial charge in [0.25, 0.3) is 0 Å². The van der Waals surface area contributed by atoms with E-state index in [4.69, 9.17) is 11.6 Å². The highest BCUT2D eigenvalue weighted by atomic mass is 35.5. The molecule has 0 fully saturated rings. The number of aryl methyl sites for hydroxylation is 2. The number of halogens is 1. The van der Waals surface area contributed by atoms with Crippen LogP contribution in [0.4, 0.5) is 0 Å². The molecule has 0 radical (unpaired) electrons. The summed E-state index contributed by atoms with van der Waals surface area (Å²) in [5, 5.41) is 4.70. The number of carbonyl (C=O) groups excluding carboxylic acids is 1. The molecule has 3 nitrogen and oxygen atoms in total. The number of nitrogens with zero attached hydrogens (tertiary/aromatic N) is 2. The normalized spacial score (nSPS) is 10.4. The highest BCUT2D eigenvalue weighted by Crippen LogP contribution is 2.19. The van der Waals surface area contributed by atoms with Crippen LogP contribution in [0.25, 0.3) is 0 Å². The monoisotopic (exact) mass is 200 g/mol. The predicted molar refractivity (Wildman–Crippen MR) is 52.3 cm³/mol. The van der Waals surface area contributed by atoms with Gasteiger partial charge in [0.1, 0.15) is 5.15 Å². The fourth-order valence-corrected chi connectivity index (χ4v) is 1.56. The van der Waals surface area contributed by atoms with Gasteiger partial charge >= 0.3 is 0 Å². The first kappa shape index (κ1) is 10.3. The van der Waals surface area contributed by atoms with E-state index in [9.17, 15) is 4.79 Å². The van der Waals surface area contributed by atoms with Crippen molar-refractivity contribution in [2.45, 2.75) is 33.2 Å². The van der Waals surface area contributed by atoms with Crippen LogP contribution in [0.15, 0.2) is 0 Å². The second kappa shape index (κ2) is 4.42. The van der Waals surface area contributed by atoms with Crippen LogP contribution in [0, 0.1) is 0 Å². The summed E-state index contributed by atoms with van der Waals surface area (Å²) in [4.78, 5) is 10.7. The van der Waals surface area contributed by atoms with Crippen molar-refractivity contribution >= 4 is 17.9 Å². The van der Waals surface area contributed by atoms with Crippen molar-refractivity contribution in [3.8, 4) is 0 Å². The SMILES string of the molecule is CCCc1nn(CC)c(Cl)c1C=O. The fourth-order valence-electron chi connectivity index (χ4n) is 1.25. The minimum absolute atomic E-state index is 0.459. The van der Waals surface area contributed by atoms with Gasteiger partial charge in [0, 0.05) is 6.54 Å². The van der Waals surface area contributed by atoms with Gasteiger partial charge in [-0.3, -0.25) is 9.48 Å². The maximum atomic E-state index is 10.7. The van der Waals surface area contributed by atoms with E-state index in [1.54, 1.807) is 4.68 Å². The molecule has 4 heteroatoms. The van der Waals surface area contributed by atoms with Crippen molar-refractivity contribution < 1.29 is 4.79 Å². The van der Waals surface area contributed by atoms with E-state index in [1.807, 2.05) is 13.8 Å². The lowest BCUT2D eigenvalue weighted by Crippen LogP contribution is -1.96. The summed E-state index contributed by atoms with van der Waals surface area (Å²) in [6.45, 7) is 4.69. The summed E-state index contributed by atoms with van der Waals surface area (Å²) in [5.74, 6) is 0. The van der Waals surface area contributed by atoms with E-state index in [1.165, 1.54) is 0 Å². The molecule has 0 saturated carbocycles. The summed E-state index contributed by atoms with van der Waals surface area (Å²) in [7, 11) is 0. The number of rotatable bonds is 4. The lowest BCUT2D eigenvalue weighted by atomic mass is 10.2. The third kappa shape index (κ3) is 1.91. The lowest BCUT2D eigenvalue weighted by Gasteiger charge is -1.94. The molecule has 0 N–H and O–H groups in total. The Balaban J connectivity index is 3.11. The first-order chi connectivity index (χ1) is 6.24. The molecule has 1 aromatic heterocycles. The largest absolute Gasteiger partial charge is 0.298 e. The van der Waals surface area contributed by atoms with Gasteiger partial charge in [-0.05, 0) is 13.3 Å². The third-order valence-corrected chi connectivity index (χ3v) is 2.30. The summed E-state index contributed by atoms with van der Waals surface area (Å²) >= 11 is 5.93. The van der Waals surface area contributed by atoms with Crippen LogP contribution >= 0.6 is 11.6 Å². The van der Waals surface area contributed by atoms with Crippen LogP contribution in [0.3, 0.4) is 0 Å². The van der Waals surface area contributed by atoms with Crippen molar-refractivity contribution in [1.82, 2.24) is 9.78 Å². The maximum absolute atomic E-state index is 10.7. The molecule has 0 aromatic carbocycles. The Morgan fingerprint density at radius 3 is 2.69 bits per heavy atom. The Bertz CT molecular complexity index is 307. The third-order valence-electron chi connectivity index (χ3n) is 1.91. The van der Waals surface area contributed by atoms with Gasteiger partial charge in [0.05, 0.1) is 11.3 Å². The summed E-state index contributed by atoms with van der Waals surface area (Å²) in [6, 6.07) is 0. The van der Waals surface area contributed by atoms with Gasteiger partial charge < -0.3 is 0 Å². The highest BCUT2D eigenvalue weighted by molar-refractivity contribution is 6.32. The van der Waals surface area contributed by atoms with Crippen LogP contribution in [0.2, 0.25) is 5.15 Å². The van der Waals surface area contributed by atoms with Crippen LogP contribution < -0.4 is 0 Å². The molecule has 0 aliphatic rings. The molecule has 0 unspecified atom stereocenters. The fraction of sp³-hybridized carbons (Fsp3) is 0.556. The van der Waals surface area contributed by atoms with E-state index in [-0.39, 0.29) is 0 Å². The smallest absolute Gasteiger partial charge is 0.155 e. The van der Waals surface area contributed by atoms with Crippen molar-refractivity contribution in [2.75, 3.05) is 0 Å². The molecule has 0 aliphatic heterocycles. The zero-order valence-corrected chi connectivity index (χ0v) is 8.64. The van der Waals surface area contributed by atoms with Gasteiger partial charge in [-0.2, -0.15) is 5.10 Å². The molecule has 0 bridgehead atoms. The average molecular weight is 201 g/mol. The van der Waals surface area contributed by atoms with Crippen molar-refractivity contribution in [3.63, 3.8) is 0 Å². The molecule has 0 aliphatic carbocycles. The summed E-state index contributed by atoms with van der Waals surface area (Å²) < 4.78 is 1.65. The quantitative estimate of drug-likeness (QED) is 0.700. The molecule has 1 heterocycles. The van der Waals surface area contributed by atoms with Crippen LogP contribution in [-0.2, 0) is 13.0 Å². The van der Waals surface area contributed by atoms with Crippen molar-refractivity contribution in [2.24, 2.45) is 0 Å². The standard InChI is InChI=1S/C9H13ClN2O/c1-3-5-8-7(6-13)9(10)12(4-2)11-8/h6H,3-5H2,1-2H3. The lowest BCUT2D eigenvalue weighted by molar-refractivity contribution is 0.112. The minimum Gasteiger partial charge on any atom is -0.298 e. The topological polar surface area (TPSA) is 34.9 Å². The zero-order chi connectivity index (χ0) is 9.84. The van der Waals surface area contributed by atoms with Gasteiger partial charge in [-0.1, -0.05) is 24.9 Å². The first-order valence-corrected chi connectivity index (χ1v) is 4.82. The maximum Gasteiger partial charge on any atom is 0.155 e. The average Bonchev–Trinajstić information content (AvgIpc) is 2.43.